The standard InChI is InChI=1S/C23H34N2O/c1-17-2-4-18(5-3-17)6-7-19-10-12-25(13-11-19)23(26)16-20-14-21-8-9-22(15-20)24-21/h2-5,19-22,24H,6-16H2,1H3. The van der Waals surface area contributed by atoms with Gasteiger partial charge in [0.2, 0.25) is 5.91 Å². The summed E-state index contributed by atoms with van der Waals surface area (Å²) in [6.07, 6.45) is 10.7. The zero-order valence-electron chi connectivity index (χ0n) is 16.3. The van der Waals surface area contributed by atoms with Crippen LogP contribution in [0, 0.1) is 18.8 Å². The maximum atomic E-state index is 12.7. The lowest BCUT2D eigenvalue weighted by Crippen LogP contribution is -2.42. The fraction of sp³-hybridized carbons (Fsp3) is 0.696. The van der Waals surface area contributed by atoms with Gasteiger partial charge < -0.3 is 10.2 Å². The number of fused-ring (bicyclic) bond motifs is 2. The van der Waals surface area contributed by atoms with Crippen LogP contribution in [0.25, 0.3) is 0 Å². The maximum absolute atomic E-state index is 12.7. The molecule has 0 radical (unpaired) electrons. The molecule has 1 aromatic rings. The maximum Gasteiger partial charge on any atom is 0.222 e. The second-order valence-electron chi connectivity index (χ2n) is 9.03. The van der Waals surface area contributed by atoms with Crippen molar-refractivity contribution in [1.82, 2.24) is 10.2 Å². The molecule has 0 aromatic heterocycles. The molecule has 1 amide bonds. The third kappa shape index (κ3) is 4.49. The van der Waals surface area contributed by atoms with E-state index in [0.717, 1.165) is 25.4 Å². The molecule has 142 valence electrons. The molecule has 26 heavy (non-hydrogen) atoms. The van der Waals surface area contributed by atoms with E-state index < -0.39 is 0 Å². The quantitative estimate of drug-likeness (QED) is 0.864. The van der Waals surface area contributed by atoms with Gasteiger partial charge in [-0.15, -0.1) is 0 Å². The molecule has 3 saturated heterocycles. The van der Waals surface area contributed by atoms with E-state index in [1.165, 1.54) is 62.5 Å². The number of likely N-dealkylation sites (tertiary alicyclic amines) is 1. The molecule has 3 fully saturated rings. The number of rotatable bonds is 5. The highest BCUT2D eigenvalue weighted by atomic mass is 16.2. The predicted octanol–water partition coefficient (Wildman–Crippen LogP) is 4.09. The van der Waals surface area contributed by atoms with Crippen molar-refractivity contribution in [2.24, 2.45) is 11.8 Å². The number of aryl methyl sites for hydroxylation is 2. The Morgan fingerprint density at radius 1 is 1.00 bits per heavy atom. The van der Waals surface area contributed by atoms with Crippen molar-refractivity contribution in [3.63, 3.8) is 0 Å². The molecule has 4 rings (SSSR count). The first-order chi connectivity index (χ1) is 12.7. The average molecular weight is 355 g/mol. The zero-order valence-corrected chi connectivity index (χ0v) is 16.3. The van der Waals surface area contributed by atoms with E-state index in [4.69, 9.17) is 0 Å². The van der Waals surface area contributed by atoms with Gasteiger partial charge in [0.15, 0.2) is 0 Å². The largest absolute Gasteiger partial charge is 0.343 e. The van der Waals surface area contributed by atoms with Gasteiger partial charge >= 0.3 is 0 Å². The van der Waals surface area contributed by atoms with Gasteiger partial charge in [-0.2, -0.15) is 0 Å². The molecule has 0 aliphatic carbocycles. The van der Waals surface area contributed by atoms with Crippen molar-refractivity contribution in [3.8, 4) is 0 Å². The van der Waals surface area contributed by atoms with Crippen molar-refractivity contribution in [3.05, 3.63) is 35.4 Å². The van der Waals surface area contributed by atoms with Crippen molar-refractivity contribution >= 4 is 5.91 Å². The molecule has 3 heteroatoms. The Hall–Kier alpha value is -1.35. The smallest absolute Gasteiger partial charge is 0.222 e. The number of carbonyl (C=O) groups is 1. The molecule has 3 heterocycles. The molecule has 0 spiro atoms. The number of amides is 1. The van der Waals surface area contributed by atoms with Gasteiger partial charge in [0, 0.05) is 31.6 Å². The lowest BCUT2D eigenvalue weighted by Gasteiger charge is -2.34. The number of carbonyl (C=O) groups excluding carboxylic acids is 1. The molecule has 1 N–H and O–H groups in total. The van der Waals surface area contributed by atoms with E-state index in [9.17, 15) is 4.79 Å². The fourth-order valence-electron chi connectivity index (χ4n) is 5.31. The van der Waals surface area contributed by atoms with Crippen LogP contribution in [0.4, 0.5) is 0 Å². The van der Waals surface area contributed by atoms with Gasteiger partial charge in [0.25, 0.3) is 0 Å². The van der Waals surface area contributed by atoms with Gasteiger partial charge in [-0.1, -0.05) is 29.8 Å². The van der Waals surface area contributed by atoms with E-state index in [0.29, 0.717) is 23.9 Å². The molecule has 0 saturated carbocycles. The Morgan fingerprint density at radius 3 is 2.31 bits per heavy atom. The second-order valence-corrected chi connectivity index (χ2v) is 9.03. The van der Waals surface area contributed by atoms with E-state index in [1.807, 2.05) is 0 Å². The van der Waals surface area contributed by atoms with E-state index in [-0.39, 0.29) is 0 Å². The number of hydrogen-bond acceptors (Lipinski definition) is 2. The Kier molecular flexibility index (Phi) is 5.63. The number of nitrogens with zero attached hydrogens (tertiary/aromatic N) is 1. The third-order valence-corrected chi connectivity index (χ3v) is 6.96. The molecule has 2 bridgehead atoms. The summed E-state index contributed by atoms with van der Waals surface area (Å²) in [5.41, 5.74) is 2.79. The number of piperidine rings is 2. The number of benzene rings is 1. The van der Waals surface area contributed by atoms with Gasteiger partial charge in [-0.25, -0.2) is 0 Å². The molecule has 2 atom stereocenters. The summed E-state index contributed by atoms with van der Waals surface area (Å²) in [5.74, 6) is 1.84. The molecular formula is C23H34N2O. The Labute approximate surface area is 158 Å². The van der Waals surface area contributed by atoms with Crippen LogP contribution >= 0.6 is 0 Å². The Balaban J connectivity index is 1.18. The SMILES string of the molecule is Cc1ccc(CCC2CCN(C(=O)CC3CC4CCC(C3)N4)CC2)cc1. The summed E-state index contributed by atoms with van der Waals surface area (Å²) < 4.78 is 0. The fourth-order valence-corrected chi connectivity index (χ4v) is 5.31. The van der Waals surface area contributed by atoms with Crippen molar-refractivity contribution in [1.29, 1.82) is 0 Å². The summed E-state index contributed by atoms with van der Waals surface area (Å²) in [5, 5.41) is 3.68. The topological polar surface area (TPSA) is 32.3 Å². The van der Waals surface area contributed by atoms with Crippen LogP contribution in [0.1, 0.15) is 62.5 Å². The first kappa shape index (κ1) is 18.0. The monoisotopic (exact) mass is 354 g/mol. The van der Waals surface area contributed by atoms with Crippen LogP contribution in [0.5, 0.6) is 0 Å². The highest BCUT2D eigenvalue weighted by Crippen LogP contribution is 2.33. The zero-order chi connectivity index (χ0) is 17.9. The molecular weight excluding hydrogens is 320 g/mol. The normalized spacial score (nSPS) is 29.1. The van der Waals surface area contributed by atoms with Gasteiger partial charge in [-0.3, -0.25) is 4.79 Å². The highest BCUT2D eigenvalue weighted by molar-refractivity contribution is 5.76. The number of hydrogen-bond donors (Lipinski definition) is 1. The van der Waals surface area contributed by atoms with Crippen LogP contribution < -0.4 is 5.32 Å². The lowest BCUT2D eigenvalue weighted by atomic mass is 9.87. The van der Waals surface area contributed by atoms with Crippen LogP contribution in [0.3, 0.4) is 0 Å². The van der Waals surface area contributed by atoms with Gasteiger partial charge in [-0.05, 0) is 75.7 Å². The van der Waals surface area contributed by atoms with E-state index in [1.54, 1.807) is 0 Å². The molecule has 1 aromatic carbocycles. The molecule has 3 aliphatic rings. The summed E-state index contributed by atoms with van der Waals surface area (Å²) in [6.45, 7) is 4.11. The summed E-state index contributed by atoms with van der Waals surface area (Å²) in [6, 6.07) is 10.3. The van der Waals surface area contributed by atoms with Gasteiger partial charge in [0.1, 0.15) is 0 Å². The first-order valence-corrected chi connectivity index (χ1v) is 10.7. The minimum Gasteiger partial charge on any atom is -0.343 e. The molecule has 2 unspecified atom stereocenters. The van der Waals surface area contributed by atoms with E-state index in [2.05, 4.69) is 41.4 Å². The van der Waals surface area contributed by atoms with Crippen molar-refractivity contribution in [2.75, 3.05) is 13.1 Å². The van der Waals surface area contributed by atoms with Crippen LogP contribution in [0.15, 0.2) is 24.3 Å². The summed E-state index contributed by atoms with van der Waals surface area (Å²) >= 11 is 0. The Bertz CT molecular complexity index is 591. The van der Waals surface area contributed by atoms with Gasteiger partial charge in [0.05, 0.1) is 0 Å². The second kappa shape index (κ2) is 8.12. The van der Waals surface area contributed by atoms with E-state index >= 15 is 0 Å². The van der Waals surface area contributed by atoms with Crippen molar-refractivity contribution < 1.29 is 4.79 Å². The number of nitrogens with one attached hydrogen (secondary N) is 1. The summed E-state index contributed by atoms with van der Waals surface area (Å²) in [7, 11) is 0. The average Bonchev–Trinajstić information content (AvgIpc) is 3.00. The predicted molar refractivity (Wildman–Crippen MR) is 106 cm³/mol. The molecule has 3 nitrogen and oxygen atoms in total. The highest BCUT2D eigenvalue weighted by Gasteiger charge is 2.35. The Morgan fingerprint density at radius 2 is 1.65 bits per heavy atom. The van der Waals surface area contributed by atoms with Crippen LogP contribution in [0.2, 0.25) is 0 Å². The van der Waals surface area contributed by atoms with Crippen LogP contribution in [-0.4, -0.2) is 36.0 Å². The minimum atomic E-state index is 0.424. The minimum absolute atomic E-state index is 0.424. The lowest BCUT2D eigenvalue weighted by molar-refractivity contribution is -0.133. The van der Waals surface area contributed by atoms with Crippen LogP contribution in [-0.2, 0) is 11.2 Å². The first-order valence-electron chi connectivity index (χ1n) is 10.7. The summed E-state index contributed by atoms with van der Waals surface area (Å²) in [4.78, 5) is 14.9. The molecule has 3 aliphatic heterocycles. The van der Waals surface area contributed by atoms with Crippen molar-refractivity contribution in [2.45, 2.75) is 76.8 Å². The third-order valence-electron chi connectivity index (χ3n) is 6.96.